The molecule has 2 heterocycles. The Morgan fingerprint density at radius 2 is 2.12 bits per heavy atom. The van der Waals surface area contributed by atoms with Crippen LogP contribution in [-0.2, 0) is 14.8 Å². The fourth-order valence-electron chi connectivity index (χ4n) is 2.85. The van der Waals surface area contributed by atoms with Crippen molar-refractivity contribution in [2.75, 3.05) is 25.6 Å². The molecular formula is C18H24N2O4S2. The van der Waals surface area contributed by atoms with Crippen LogP contribution in [0.5, 0.6) is 5.75 Å². The fraction of sp³-hybridized carbons (Fsp3) is 0.500. The highest BCUT2D eigenvalue weighted by atomic mass is 32.2. The summed E-state index contributed by atoms with van der Waals surface area (Å²) in [4.78, 5) is 4.48. The Hall–Kier alpha value is -1.48. The maximum absolute atomic E-state index is 11.8. The average molecular weight is 397 g/mol. The summed E-state index contributed by atoms with van der Waals surface area (Å²) in [5.74, 6) is 0.921. The summed E-state index contributed by atoms with van der Waals surface area (Å²) < 4.78 is 37.8. The Balaban J connectivity index is 1.60. The molecule has 26 heavy (non-hydrogen) atoms. The van der Waals surface area contributed by atoms with Crippen LogP contribution in [0.2, 0.25) is 0 Å². The number of nitrogens with one attached hydrogen (secondary N) is 1. The summed E-state index contributed by atoms with van der Waals surface area (Å²) in [5.41, 5.74) is 2.03. The van der Waals surface area contributed by atoms with Gasteiger partial charge in [0, 0.05) is 23.5 Å². The van der Waals surface area contributed by atoms with Crippen LogP contribution >= 0.6 is 11.3 Å². The molecule has 0 aliphatic carbocycles. The van der Waals surface area contributed by atoms with E-state index in [2.05, 4.69) is 9.71 Å². The smallest absolute Gasteiger partial charge is 0.211 e. The minimum absolute atomic E-state index is 0.0641. The SMILES string of the molecule is CCS(=O)(=O)N[C@H]1COCC[C@@H]1COc1ccc(-c2csc(C)n2)cc1. The molecule has 0 bridgehead atoms. The lowest BCUT2D eigenvalue weighted by Crippen LogP contribution is -2.48. The van der Waals surface area contributed by atoms with Crippen LogP contribution in [0.3, 0.4) is 0 Å². The quantitative estimate of drug-likeness (QED) is 0.779. The van der Waals surface area contributed by atoms with E-state index in [4.69, 9.17) is 9.47 Å². The zero-order valence-corrected chi connectivity index (χ0v) is 16.6. The van der Waals surface area contributed by atoms with Crippen molar-refractivity contribution in [3.8, 4) is 17.0 Å². The number of aryl methyl sites for hydroxylation is 1. The van der Waals surface area contributed by atoms with Gasteiger partial charge in [-0.15, -0.1) is 11.3 Å². The van der Waals surface area contributed by atoms with Crippen molar-refractivity contribution < 1.29 is 17.9 Å². The van der Waals surface area contributed by atoms with Crippen molar-refractivity contribution in [1.29, 1.82) is 0 Å². The fourth-order valence-corrected chi connectivity index (χ4v) is 4.36. The summed E-state index contributed by atoms with van der Waals surface area (Å²) in [6.07, 6.45) is 0.771. The maximum atomic E-state index is 11.8. The molecule has 1 aliphatic heterocycles. The molecule has 0 spiro atoms. The highest BCUT2D eigenvalue weighted by Crippen LogP contribution is 2.25. The standard InChI is InChI=1S/C18H24N2O4S2/c1-3-26(21,22)20-17-11-23-9-8-15(17)10-24-16-6-4-14(5-7-16)18-12-25-13(2)19-18/h4-7,12,15,17,20H,3,8-11H2,1-2H3/t15-,17+/m1/s1. The molecule has 1 saturated heterocycles. The van der Waals surface area contributed by atoms with Crippen LogP contribution in [0, 0.1) is 12.8 Å². The Bertz CT molecular complexity index is 818. The second-order valence-electron chi connectivity index (χ2n) is 6.34. The van der Waals surface area contributed by atoms with Gasteiger partial charge in [0.1, 0.15) is 5.75 Å². The van der Waals surface area contributed by atoms with E-state index in [9.17, 15) is 8.42 Å². The average Bonchev–Trinajstić information content (AvgIpc) is 3.07. The van der Waals surface area contributed by atoms with E-state index in [1.807, 2.05) is 36.6 Å². The lowest BCUT2D eigenvalue weighted by Gasteiger charge is -2.31. The molecule has 0 radical (unpaired) electrons. The number of sulfonamides is 1. The third-order valence-electron chi connectivity index (χ3n) is 4.44. The Kier molecular flexibility index (Phi) is 6.29. The molecule has 2 aromatic rings. The first kappa shape index (κ1) is 19.3. The van der Waals surface area contributed by atoms with Gasteiger partial charge in [0.05, 0.1) is 35.7 Å². The second kappa shape index (κ2) is 8.47. The van der Waals surface area contributed by atoms with Crippen molar-refractivity contribution >= 4 is 21.4 Å². The molecule has 8 heteroatoms. The number of nitrogens with zero attached hydrogens (tertiary/aromatic N) is 1. The van der Waals surface area contributed by atoms with Crippen molar-refractivity contribution in [3.05, 3.63) is 34.7 Å². The van der Waals surface area contributed by atoms with Crippen LogP contribution in [-0.4, -0.2) is 45.0 Å². The Morgan fingerprint density at radius 3 is 2.77 bits per heavy atom. The van der Waals surface area contributed by atoms with Gasteiger partial charge in [-0.1, -0.05) is 0 Å². The van der Waals surface area contributed by atoms with Crippen LogP contribution in [0.25, 0.3) is 11.3 Å². The number of thiazole rings is 1. The van der Waals surface area contributed by atoms with E-state index in [-0.39, 0.29) is 17.7 Å². The molecule has 3 rings (SSSR count). The molecule has 1 aliphatic rings. The molecule has 142 valence electrons. The third-order valence-corrected chi connectivity index (χ3v) is 6.64. The minimum atomic E-state index is -3.26. The number of aromatic nitrogens is 1. The number of rotatable bonds is 7. The minimum Gasteiger partial charge on any atom is -0.493 e. The molecule has 1 fully saturated rings. The molecular weight excluding hydrogens is 372 g/mol. The third kappa shape index (κ3) is 5.03. The molecule has 2 atom stereocenters. The van der Waals surface area contributed by atoms with Gasteiger partial charge >= 0.3 is 0 Å². The highest BCUT2D eigenvalue weighted by Gasteiger charge is 2.29. The first-order chi connectivity index (χ1) is 12.5. The second-order valence-corrected chi connectivity index (χ2v) is 9.44. The monoisotopic (exact) mass is 396 g/mol. The zero-order chi connectivity index (χ0) is 18.6. The van der Waals surface area contributed by atoms with E-state index >= 15 is 0 Å². The number of hydrogen-bond donors (Lipinski definition) is 1. The van der Waals surface area contributed by atoms with E-state index in [1.54, 1.807) is 18.3 Å². The van der Waals surface area contributed by atoms with Gasteiger partial charge in [-0.25, -0.2) is 18.1 Å². The molecule has 1 aromatic carbocycles. The van der Waals surface area contributed by atoms with Crippen molar-refractivity contribution in [1.82, 2.24) is 9.71 Å². The first-order valence-electron chi connectivity index (χ1n) is 8.70. The zero-order valence-electron chi connectivity index (χ0n) is 15.0. The van der Waals surface area contributed by atoms with Crippen molar-refractivity contribution in [2.24, 2.45) is 5.92 Å². The lowest BCUT2D eigenvalue weighted by molar-refractivity contribution is 0.0274. The summed E-state index contributed by atoms with van der Waals surface area (Å²) in [6, 6.07) is 7.59. The van der Waals surface area contributed by atoms with Crippen molar-refractivity contribution in [3.63, 3.8) is 0 Å². The largest absolute Gasteiger partial charge is 0.493 e. The van der Waals surface area contributed by atoms with Gasteiger partial charge in [0.2, 0.25) is 10.0 Å². The van der Waals surface area contributed by atoms with Gasteiger partial charge in [0.25, 0.3) is 0 Å². The summed E-state index contributed by atoms with van der Waals surface area (Å²) in [6.45, 7) is 5.08. The first-order valence-corrected chi connectivity index (χ1v) is 11.2. The predicted octanol–water partition coefficient (Wildman–Crippen LogP) is 2.84. The number of ether oxygens (including phenoxy) is 2. The summed E-state index contributed by atoms with van der Waals surface area (Å²) in [7, 11) is -3.26. The highest BCUT2D eigenvalue weighted by molar-refractivity contribution is 7.89. The van der Waals surface area contributed by atoms with Gasteiger partial charge in [0.15, 0.2) is 0 Å². The predicted molar refractivity (Wildman–Crippen MR) is 103 cm³/mol. The van der Waals surface area contributed by atoms with Crippen LogP contribution in [0.4, 0.5) is 0 Å². The van der Waals surface area contributed by atoms with E-state index in [0.29, 0.717) is 19.8 Å². The number of hydrogen-bond acceptors (Lipinski definition) is 6. The lowest BCUT2D eigenvalue weighted by atomic mass is 9.97. The van der Waals surface area contributed by atoms with E-state index in [1.165, 1.54) is 0 Å². The molecule has 0 unspecified atom stereocenters. The summed E-state index contributed by atoms with van der Waals surface area (Å²) >= 11 is 1.63. The van der Waals surface area contributed by atoms with Gasteiger partial charge in [-0.05, 0) is 44.5 Å². The Labute approximate surface area is 158 Å². The normalized spacial score (nSPS) is 20.8. The van der Waals surface area contributed by atoms with Crippen LogP contribution < -0.4 is 9.46 Å². The molecule has 0 amide bonds. The van der Waals surface area contributed by atoms with Crippen LogP contribution in [0.15, 0.2) is 29.6 Å². The van der Waals surface area contributed by atoms with E-state index < -0.39 is 10.0 Å². The number of benzene rings is 1. The maximum Gasteiger partial charge on any atom is 0.211 e. The molecule has 6 nitrogen and oxygen atoms in total. The Morgan fingerprint density at radius 1 is 1.35 bits per heavy atom. The van der Waals surface area contributed by atoms with Crippen molar-refractivity contribution in [2.45, 2.75) is 26.3 Å². The van der Waals surface area contributed by atoms with Gasteiger partial charge in [-0.2, -0.15) is 0 Å². The van der Waals surface area contributed by atoms with E-state index in [0.717, 1.165) is 28.4 Å². The molecule has 1 aromatic heterocycles. The van der Waals surface area contributed by atoms with Gasteiger partial charge < -0.3 is 9.47 Å². The van der Waals surface area contributed by atoms with Gasteiger partial charge in [-0.3, -0.25) is 0 Å². The molecule has 1 N–H and O–H groups in total. The molecule has 0 saturated carbocycles. The van der Waals surface area contributed by atoms with Crippen LogP contribution in [0.1, 0.15) is 18.4 Å². The summed E-state index contributed by atoms with van der Waals surface area (Å²) in [5, 5.41) is 3.08. The topological polar surface area (TPSA) is 77.5 Å².